The third kappa shape index (κ3) is 2.04. The molecule has 3 aromatic rings. The van der Waals surface area contributed by atoms with Gasteiger partial charge in [0.1, 0.15) is 0 Å². The fraction of sp³-hybridized carbons (Fsp3) is 0.0667. The molecule has 0 saturated carbocycles. The Morgan fingerprint density at radius 3 is 2.89 bits per heavy atom. The number of ketones is 1. The van der Waals surface area contributed by atoms with Crippen molar-refractivity contribution in [2.45, 2.75) is 4.90 Å². The molecule has 0 aliphatic carbocycles. The number of nitrogens with zero attached hydrogens (tertiary/aromatic N) is 1. The SMILES string of the molecule is CSc1ccccc1C(=O)c1c[nH]c2ccncc12. The molecule has 1 aromatic carbocycles. The van der Waals surface area contributed by atoms with Crippen LogP contribution in [0.5, 0.6) is 0 Å². The lowest BCUT2D eigenvalue weighted by atomic mass is 10.0. The number of carbonyl (C=O) groups excluding carboxylic acids is 1. The number of fused-ring (bicyclic) bond motifs is 1. The van der Waals surface area contributed by atoms with Crippen LogP contribution in [0.15, 0.2) is 53.8 Å². The first kappa shape index (κ1) is 12.0. The Bertz CT molecular complexity index is 748. The smallest absolute Gasteiger partial charge is 0.196 e. The molecule has 0 aliphatic rings. The van der Waals surface area contributed by atoms with E-state index in [0.29, 0.717) is 5.56 Å². The van der Waals surface area contributed by atoms with Crippen molar-refractivity contribution in [1.29, 1.82) is 0 Å². The van der Waals surface area contributed by atoms with Gasteiger partial charge in [0, 0.05) is 45.5 Å². The van der Waals surface area contributed by atoms with Crippen molar-refractivity contribution in [2.24, 2.45) is 0 Å². The molecule has 0 atom stereocenters. The molecule has 0 amide bonds. The monoisotopic (exact) mass is 268 g/mol. The predicted molar refractivity (Wildman–Crippen MR) is 77.7 cm³/mol. The molecule has 94 valence electrons. The molecule has 0 fully saturated rings. The van der Waals surface area contributed by atoms with E-state index >= 15 is 0 Å². The molecule has 0 unspecified atom stereocenters. The molecule has 3 nitrogen and oxygen atoms in total. The summed E-state index contributed by atoms with van der Waals surface area (Å²) in [6, 6.07) is 9.53. The number of benzene rings is 1. The van der Waals surface area contributed by atoms with Crippen LogP contribution in [0.3, 0.4) is 0 Å². The Morgan fingerprint density at radius 1 is 1.21 bits per heavy atom. The minimum Gasteiger partial charge on any atom is -0.360 e. The van der Waals surface area contributed by atoms with Crippen LogP contribution in [0, 0.1) is 0 Å². The summed E-state index contributed by atoms with van der Waals surface area (Å²) in [5.41, 5.74) is 2.34. The van der Waals surface area contributed by atoms with Crippen LogP contribution >= 0.6 is 11.8 Å². The summed E-state index contributed by atoms with van der Waals surface area (Å²) in [5.74, 6) is 0.0317. The number of nitrogens with one attached hydrogen (secondary N) is 1. The Kier molecular flexibility index (Phi) is 3.09. The number of thioether (sulfide) groups is 1. The number of H-pyrrole nitrogens is 1. The molecule has 4 heteroatoms. The van der Waals surface area contributed by atoms with Crippen LogP contribution in [0.4, 0.5) is 0 Å². The van der Waals surface area contributed by atoms with Gasteiger partial charge in [0.2, 0.25) is 0 Å². The lowest BCUT2D eigenvalue weighted by Gasteiger charge is -2.05. The average molecular weight is 268 g/mol. The van der Waals surface area contributed by atoms with Crippen molar-refractivity contribution in [3.05, 3.63) is 60.0 Å². The standard InChI is InChI=1S/C15H12N2OS/c1-19-14-5-3-2-4-10(14)15(18)12-9-17-13-6-7-16-8-11(12)13/h2-9,17H,1H3. The van der Waals surface area contributed by atoms with Gasteiger partial charge >= 0.3 is 0 Å². The van der Waals surface area contributed by atoms with Gasteiger partial charge in [-0.1, -0.05) is 12.1 Å². The van der Waals surface area contributed by atoms with E-state index in [1.807, 2.05) is 36.6 Å². The molecule has 2 aromatic heterocycles. The summed E-state index contributed by atoms with van der Waals surface area (Å²) >= 11 is 1.58. The van der Waals surface area contributed by atoms with Crippen LogP contribution in [0.1, 0.15) is 15.9 Å². The average Bonchev–Trinajstić information content (AvgIpc) is 2.90. The van der Waals surface area contributed by atoms with E-state index in [4.69, 9.17) is 0 Å². The van der Waals surface area contributed by atoms with Crippen molar-refractivity contribution in [3.63, 3.8) is 0 Å². The summed E-state index contributed by atoms with van der Waals surface area (Å²) in [5, 5.41) is 0.864. The van der Waals surface area contributed by atoms with Gasteiger partial charge in [-0.3, -0.25) is 9.78 Å². The first-order chi connectivity index (χ1) is 9.31. The minimum absolute atomic E-state index is 0.0317. The van der Waals surface area contributed by atoms with Crippen molar-refractivity contribution >= 4 is 28.4 Å². The van der Waals surface area contributed by atoms with Gasteiger partial charge in [0.05, 0.1) is 0 Å². The number of aromatic amines is 1. The highest BCUT2D eigenvalue weighted by molar-refractivity contribution is 7.98. The summed E-state index contributed by atoms with van der Waals surface area (Å²) in [4.78, 5) is 20.8. The van der Waals surface area contributed by atoms with Crippen LogP contribution in [-0.4, -0.2) is 22.0 Å². The van der Waals surface area contributed by atoms with E-state index in [-0.39, 0.29) is 5.78 Å². The van der Waals surface area contributed by atoms with Crippen LogP contribution in [0.2, 0.25) is 0 Å². The van der Waals surface area contributed by atoms with E-state index < -0.39 is 0 Å². The molecule has 2 heterocycles. The van der Waals surface area contributed by atoms with Crippen LogP contribution < -0.4 is 0 Å². The summed E-state index contributed by atoms with van der Waals surface area (Å²) in [7, 11) is 0. The summed E-state index contributed by atoms with van der Waals surface area (Å²) in [6.07, 6.45) is 7.17. The second-order valence-electron chi connectivity index (χ2n) is 4.15. The van der Waals surface area contributed by atoms with E-state index in [9.17, 15) is 4.79 Å². The Balaban J connectivity index is 2.14. The first-order valence-corrected chi connectivity index (χ1v) is 7.12. The molecule has 0 spiro atoms. The fourth-order valence-corrected chi connectivity index (χ4v) is 2.72. The predicted octanol–water partition coefficient (Wildman–Crippen LogP) is 3.52. The molecule has 0 bridgehead atoms. The number of pyridine rings is 1. The molecule has 0 saturated heterocycles. The van der Waals surface area contributed by atoms with Crippen molar-refractivity contribution in [2.75, 3.05) is 6.26 Å². The fourth-order valence-electron chi connectivity index (χ4n) is 2.13. The largest absolute Gasteiger partial charge is 0.360 e. The lowest BCUT2D eigenvalue weighted by molar-refractivity contribution is 0.103. The van der Waals surface area contributed by atoms with Crippen molar-refractivity contribution in [3.8, 4) is 0 Å². The highest BCUT2D eigenvalue weighted by atomic mass is 32.2. The van der Waals surface area contributed by atoms with Gasteiger partial charge in [-0.2, -0.15) is 0 Å². The zero-order chi connectivity index (χ0) is 13.2. The number of carbonyl (C=O) groups is 1. The second kappa shape index (κ2) is 4.90. The molecule has 3 rings (SSSR count). The molecule has 19 heavy (non-hydrogen) atoms. The first-order valence-electron chi connectivity index (χ1n) is 5.90. The summed E-state index contributed by atoms with van der Waals surface area (Å²) < 4.78 is 0. The maximum atomic E-state index is 12.6. The van der Waals surface area contributed by atoms with E-state index in [1.54, 1.807) is 30.4 Å². The zero-order valence-electron chi connectivity index (χ0n) is 10.4. The van der Waals surface area contributed by atoms with Crippen molar-refractivity contribution < 1.29 is 4.79 Å². The Labute approximate surface area is 115 Å². The molecule has 0 radical (unpaired) electrons. The molecule has 1 N–H and O–H groups in total. The van der Waals surface area contributed by atoms with Gasteiger partial charge in [-0.05, 0) is 24.5 Å². The van der Waals surface area contributed by atoms with Gasteiger partial charge in [-0.15, -0.1) is 11.8 Å². The molecule has 0 aliphatic heterocycles. The Hall–Kier alpha value is -2.07. The van der Waals surface area contributed by atoms with Crippen molar-refractivity contribution in [1.82, 2.24) is 9.97 Å². The molecular weight excluding hydrogens is 256 g/mol. The van der Waals surface area contributed by atoms with Crippen LogP contribution in [-0.2, 0) is 0 Å². The van der Waals surface area contributed by atoms with Gasteiger partial charge in [0.15, 0.2) is 5.78 Å². The maximum absolute atomic E-state index is 12.6. The number of rotatable bonds is 3. The number of aromatic nitrogens is 2. The van der Waals surface area contributed by atoms with Gasteiger partial charge in [-0.25, -0.2) is 0 Å². The quantitative estimate of drug-likeness (QED) is 0.584. The number of hydrogen-bond acceptors (Lipinski definition) is 3. The highest BCUT2D eigenvalue weighted by Crippen LogP contribution is 2.25. The third-order valence-electron chi connectivity index (χ3n) is 3.08. The van der Waals surface area contributed by atoms with E-state index in [0.717, 1.165) is 21.4 Å². The maximum Gasteiger partial charge on any atom is 0.196 e. The second-order valence-corrected chi connectivity index (χ2v) is 5.00. The minimum atomic E-state index is 0.0317. The lowest BCUT2D eigenvalue weighted by Crippen LogP contribution is -2.02. The Morgan fingerprint density at radius 2 is 2.05 bits per heavy atom. The third-order valence-corrected chi connectivity index (χ3v) is 3.88. The van der Waals surface area contributed by atoms with Gasteiger partial charge < -0.3 is 4.98 Å². The summed E-state index contributed by atoms with van der Waals surface area (Å²) in [6.45, 7) is 0. The number of hydrogen-bond donors (Lipinski definition) is 1. The van der Waals surface area contributed by atoms with Crippen LogP contribution in [0.25, 0.3) is 10.9 Å². The molecular formula is C15H12N2OS. The van der Waals surface area contributed by atoms with E-state index in [2.05, 4.69) is 9.97 Å². The topological polar surface area (TPSA) is 45.8 Å². The van der Waals surface area contributed by atoms with E-state index in [1.165, 1.54) is 0 Å². The van der Waals surface area contributed by atoms with Gasteiger partial charge in [0.25, 0.3) is 0 Å². The highest BCUT2D eigenvalue weighted by Gasteiger charge is 2.16. The normalized spacial score (nSPS) is 10.8. The zero-order valence-corrected chi connectivity index (χ0v) is 11.2.